The molecule has 2 aromatic carbocycles. The van der Waals surface area contributed by atoms with Gasteiger partial charge in [-0.25, -0.2) is 4.79 Å². The predicted molar refractivity (Wildman–Crippen MR) is 100 cm³/mol. The summed E-state index contributed by atoms with van der Waals surface area (Å²) in [6, 6.07) is 11.0. The van der Waals surface area contributed by atoms with Gasteiger partial charge in [0.1, 0.15) is 5.75 Å². The van der Waals surface area contributed by atoms with Crippen LogP contribution in [0.25, 0.3) is 0 Å². The first-order chi connectivity index (χ1) is 13.0. The Hall–Kier alpha value is -2.51. The van der Waals surface area contributed by atoms with Crippen LogP contribution in [-0.4, -0.2) is 34.8 Å². The lowest BCUT2D eigenvalue weighted by Crippen LogP contribution is -2.08. The van der Waals surface area contributed by atoms with Crippen molar-refractivity contribution < 1.29 is 28.7 Å². The molecule has 0 aliphatic heterocycles. The molecule has 0 bridgehead atoms. The summed E-state index contributed by atoms with van der Waals surface area (Å²) in [5.74, 6) is -0.803. The van der Waals surface area contributed by atoms with E-state index in [1.165, 1.54) is 12.1 Å². The van der Waals surface area contributed by atoms with Crippen molar-refractivity contribution in [2.45, 2.75) is 36.5 Å². The number of carbonyl (C=O) groups excluding carboxylic acids is 2. The molecule has 0 aliphatic rings. The fraction of sp³-hybridized carbons (Fsp3) is 0.300. The van der Waals surface area contributed by atoms with Crippen molar-refractivity contribution in [1.82, 2.24) is 0 Å². The number of aryl methyl sites for hydroxylation is 1. The minimum Gasteiger partial charge on any atom is -0.606 e. The molecule has 144 valence electrons. The highest BCUT2D eigenvalue weighted by atomic mass is 32.2. The number of hydrogen-bond acceptors (Lipinski definition) is 6. The first-order valence-electron chi connectivity index (χ1n) is 8.62. The Morgan fingerprint density at radius 2 is 1.74 bits per heavy atom. The molecule has 2 rings (SSSR count). The molecule has 6 nitrogen and oxygen atoms in total. The van der Waals surface area contributed by atoms with Crippen molar-refractivity contribution in [3.8, 4) is 5.75 Å². The van der Waals surface area contributed by atoms with Crippen molar-refractivity contribution in [2.75, 3.05) is 13.2 Å². The summed E-state index contributed by atoms with van der Waals surface area (Å²) in [6.07, 6.45) is 0.397. The Morgan fingerprint density at radius 1 is 1.04 bits per heavy atom. The van der Waals surface area contributed by atoms with Crippen LogP contribution in [0.3, 0.4) is 0 Å². The minimum atomic E-state index is -1.55. The molecular weight excluding hydrogens is 368 g/mol. The summed E-state index contributed by atoms with van der Waals surface area (Å²) in [5, 5.41) is 9.99. The van der Waals surface area contributed by atoms with Crippen molar-refractivity contribution in [3.63, 3.8) is 0 Å². The minimum absolute atomic E-state index is 0.0281. The molecule has 0 saturated heterocycles. The largest absolute Gasteiger partial charge is 0.606 e. The number of benzene rings is 2. The van der Waals surface area contributed by atoms with E-state index in [1.807, 2.05) is 0 Å². The van der Waals surface area contributed by atoms with Gasteiger partial charge in [-0.05, 0) is 50.1 Å². The summed E-state index contributed by atoms with van der Waals surface area (Å²) in [5.41, 5.74) is 0.833. The van der Waals surface area contributed by atoms with E-state index in [9.17, 15) is 19.2 Å². The first-order valence-corrected chi connectivity index (χ1v) is 9.77. The monoisotopic (exact) mass is 390 g/mol. The summed E-state index contributed by atoms with van der Waals surface area (Å²) >= 11 is -1.55. The quantitative estimate of drug-likeness (QED) is 0.549. The third kappa shape index (κ3) is 5.74. The number of ether oxygens (including phenoxy) is 2. The van der Waals surface area contributed by atoms with E-state index in [-0.39, 0.29) is 31.2 Å². The van der Waals surface area contributed by atoms with Crippen LogP contribution < -0.4 is 0 Å². The number of esters is 2. The molecule has 0 fully saturated rings. The highest BCUT2D eigenvalue weighted by molar-refractivity contribution is 7.91. The smallest absolute Gasteiger partial charge is 0.338 e. The van der Waals surface area contributed by atoms with Gasteiger partial charge in [0.25, 0.3) is 0 Å². The number of phenols is 1. The maximum Gasteiger partial charge on any atom is 0.338 e. The maximum atomic E-state index is 12.9. The first kappa shape index (κ1) is 20.8. The van der Waals surface area contributed by atoms with Crippen LogP contribution in [0.1, 0.15) is 36.2 Å². The van der Waals surface area contributed by atoms with E-state index < -0.39 is 17.1 Å². The van der Waals surface area contributed by atoms with E-state index in [1.54, 1.807) is 44.2 Å². The Labute approximate surface area is 161 Å². The lowest BCUT2D eigenvalue weighted by Gasteiger charge is -2.13. The highest BCUT2D eigenvalue weighted by Crippen LogP contribution is 2.27. The van der Waals surface area contributed by atoms with Crippen LogP contribution >= 0.6 is 0 Å². The van der Waals surface area contributed by atoms with Crippen LogP contribution in [0.2, 0.25) is 0 Å². The molecule has 1 atom stereocenters. The second-order valence-electron chi connectivity index (χ2n) is 5.61. The lowest BCUT2D eigenvalue weighted by molar-refractivity contribution is -0.143. The Bertz CT molecular complexity index is 805. The SMILES string of the molecule is CCOC(=O)CCc1cc([S+]([O-])c2cccc(C(=O)OCC)c2)ccc1O. The van der Waals surface area contributed by atoms with Gasteiger partial charge in [0.2, 0.25) is 0 Å². The third-order valence-corrected chi connectivity index (χ3v) is 5.09. The van der Waals surface area contributed by atoms with E-state index in [4.69, 9.17) is 9.47 Å². The second-order valence-corrected chi connectivity index (χ2v) is 7.09. The molecular formula is C20H22O6S. The number of carbonyl (C=O) groups is 2. The van der Waals surface area contributed by atoms with Crippen molar-refractivity contribution in [2.24, 2.45) is 0 Å². The molecule has 0 saturated carbocycles. The van der Waals surface area contributed by atoms with Gasteiger partial charge in [-0.15, -0.1) is 0 Å². The molecule has 1 N–H and O–H groups in total. The van der Waals surface area contributed by atoms with Gasteiger partial charge >= 0.3 is 11.9 Å². The number of hydrogen-bond donors (Lipinski definition) is 1. The van der Waals surface area contributed by atoms with Crippen LogP contribution in [0, 0.1) is 0 Å². The predicted octanol–water partition coefficient (Wildman–Crippen LogP) is 3.23. The lowest BCUT2D eigenvalue weighted by atomic mass is 10.1. The van der Waals surface area contributed by atoms with E-state index in [0.29, 0.717) is 27.5 Å². The van der Waals surface area contributed by atoms with E-state index >= 15 is 0 Å². The Morgan fingerprint density at radius 3 is 2.44 bits per heavy atom. The summed E-state index contributed by atoms with van der Waals surface area (Å²) in [6.45, 7) is 4.00. The Balaban J connectivity index is 2.20. The van der Waals surface area contributed by atoms with E-state index in [0.717, 1.165) is 0 Å². The molecule has 27 heavy (non-hydrogen) atoms. The van der Waals surface area contributed by atoms with Gasteiger partial charge in [0.05, 0.1) is 18.8 Å². The zero-order chi connectivity index (χ0) is 19.8. The van der Waals surface area contributed by atoms with Gasteiger partial charge in [-0.2, -0.15) is 0 Å². The molecule has 0 amide bonds. The number of aromatic hydroxyl groups is 1. The fourth-order valence-corrected chi connectivity index (χ4v) is 3.59. The average Bonchev–Trinajstić information content (AvgIpc) is 2.67. The summed E-state index contributed by atoms with van der Waals surface area (Å²) < 4.78 is 22.7. The third-order valence-electron chi connectivity index (χ3n) is 3.73. The molecule has 0 radical (unpaired) electrons. The molecule has 0 aliphatic carbocycles. The highest BCUT2D eigenvalue weighted by Gasteiger charge is 2.19. The van der Waals surface area contributed by atoms with Crippen molar-refractivity contribution >= 4 is 23.1 Å². The molecule has 1 unspecified atom stereocenters. The normalized spacial score (nSPS) is 11.7. The molecule has 2 aromatic rings. The van der Waals surface area contributed by atoms with Crippen LogP contribution in [0.5, 0.6) is 5.75 Å². The van der Waals surface area contributed by atoms with Crippen LogP contribution in [0.4, 0.5) is 0 Å². The van der Waals surface area contributed by atoms with Gasteiger partial charge < -0.3 is 19.1 Å². The standard InChI is InChI=1S/C20H22O6S/c1-3-25-19(22)11-8-14-12-17(9-10-18(14)21)27(24)16-7-5-6-15(13-16)20(23)26-4-2/h5-7,9-10,12-13,21H,3-4,8,11H2,1-2H3. The molecule has 0 spiro atoms. The van der Waals surface area contributed by atoms with Crippen LogP contribution in [0.15, 0.2) is 52.3 Å². The zero-order valence-corrected chi connectivity index (χ0v) is 16.1. The summed E-state index contributed by atoms with van der Waals surface area (Å²) in [4.78, 5) is 24.3. The fourth-order valence-electron chi connectivity index (χ4n) is 2.44. The zero-order valence-electron chi connectivity index (χ0n) is 15.3. The average molecular weight is 390 g/mol. The van der Waals surface area contributed by atoms with Crippen molar-refractivity contribution in [1.29, 1.82) is 0 Å². The molecule has 7 heteroatoms. The Kier molecular flexibility index (Phi) is 7.69. The van der Waals surface area contributed by atoms with Gasteiger partial charge in [-0.3, -0.25) is 4.79 Å². The molecule has 0 aromatic heterocycles. The molecule has 0 heterocycles. The summed E-state index contributed by atoms with van der Waals surface area (Å²) in [7, 11) is 0. The van der Waals surface area contributed by atoms with Crippen LogP contribution in [-0.2, 0) is 31.9 Å². The van der Waals surface area contributed by atoms with E-state index in [2.05, 4.69) is 0 Å². The second kappa shape index (κ2) is 9.99. The maximum absolute atomic E-state index is 12.9. The van der Waals surface area contributed by atoms with Crippen molar-refractivity contribution in [3.05, 3.63) is 53.6 Å². The van der Waals surface area contributed by atoms with Gasteiger partial charge in [-0.1, -0.05) is 6.07 Å². The number of rotatable bonds is 8. The van der Waals surface area contributed by atoms with Gasteiger partial charge in [0.15, 0.2) is 9.79 Å². The number of phenolic OH excluding ortho intramolecular Hbond substituents is 1. The topological polar surface area (TPSA) is 95.9 Å². The van der Waals surface area contributed by atoms with Gasteiger partial charge in [0, 0.05) is 29.7 Å².